The molecule has 0 spiro atoms. The molecule has 0 radical (unpaired) electrons. The van der Waals surface area contributed by atoms with E-state index in [9.17, 15) is 9.59 Å². The Morgan fingerprint density at radius 2 is 1.90 bits per heavy atom. The standard InChI is InChI=1S/C16H29N3O2/c1-12(13-6-8-17-9-7-13)11-15(20)19-10-4-5-14(19)16(21)18(2)3/h12-14,17H,4-11H2,1-3H3. The Balaban J connectivity index is 1.90. The molecule has 0 bridgehead atoms. The summed E-state index contributed by atoms with van der Waals surface area (Å²) in [6.45, 7) is 5.05. The third-order valence-corrected chi connectivity index (χ3v) is 4.98. The van der Waals surface area contributed by atoms with Gasteiger partial charge in [0.1, 0.15) is 6.04 Å². The molecule has 2 saturated heterocycles. The van der Waals surface area contributed by atoms with Crippen molar-refractivity contribution >= 4 is 11.8 Å². The average molecular weight is 295 g/mol. The number of nitrogens with one attached hydrogen (secondary N) is 1. The van der Waals surface area contributed by atoms with Crippen molar-refractivity contribution < 1.29 is 9.59 Å². The fourth-order valence-corrected chi connectivity index (χ4v) is 3.59. The first kappa shape index (κ1) is 16.3. The second-order valence-corrected chi connectivity index (χ2v) is 6.75. The summed E-state index contributed by atoms with van der Waals surface area (Å²) < 4.78 is 0. The van der Waals surface area contributed by atoms with Crippen LogP contribution in [0.15, 0.2) is 0 Å². The molecule has 2 aliphatic heterocycles. The Hall–Kier alpha value is -1.10. The van der Waals surface area contributed by atoms with Crippen LogP contribution in [0.3, 0.4) is 0 Å². The number of rotatable bonds is 4. The number of amides is 2. The van der Waals surface area contributed by atoms with E-state index in [-0.39, 0.29) is 17.9 Å². The van der Waals surface area contributed by atoms with E-state index >= 15 is 0 Å². The topological polar surface area (TPSA) is 52.7 Å². The van der Waals surface area contributed by atoms with E-state index in [0.29, 0.717) is 18.3 Å². The third-order valence-electron chi connectivity index (χ3n) is 4.98. The van der Waals surface area contributed by atoms with Crippen LogP contribution >= 0.6 is 0 Å². The lowest BCUT2D eigenvalue weighted by atomic mass is 9.84. The van der Waals surface area contributed by atoms with Gasteiger partial charge >= 0.3 is 0 Å². The van der Waals surface area contributed by atoms with Gasteiger partial charge in [0.15, 0.2) is 0 Å². The van der Waals surface area contributed by atoms with Gasteiger partial charge in [-0.25, -0.2) is 0 Å². The number of piperidine rings is 1. The van der Waals surface area contributed by atoms with Crippen LogP contribution in [0.25, 0.3) is 0 Å². The second-order valence-electron chi connectivity index (χ2n) is 6.75. The molecule has 2 aliphatic rings. The van der Waals surface area contributed by atoms with Gasteiger partial charge in [0.2, 0.25) is 11.8 Å². The molecule has 5 nitrogen and oxygen atoms in total. The molecule has 5 heteroatoms. The Bertz CT molecular complexity index is 378. The van der Waals surface area contributed by atoms with Crippen LogP contribution in [0.2, 0.25) is 0 Å². The van der Waals surface area contributed by atoms with Crippen LogP contribution in [0.5, 0.6) is 0 Å². The molecule has 120 valence electrons. The highest BCUT2D eigenvalue weighted by atomic mass is 16.2. The smallest absolute Gasteiger partial charge is 0.244 e. The molecule has 0 aromatic carbocycles. The van der Waals surface area contributed by atoms with Crippen LogP contribution in [-0.2, 0) is 9.59 Å². The minimum absolute atomic E-state index is 0.0652. The van der Waals surface area contributed by atoms with E-state index in [1.54, 1.807) is 19.0 Å². The summed E-state index contributed by atoms with van der Waals surface area (Å²) in [5, 5.41) is 3.37. The number of carbonyl (C=O) groups excluding carboxylic acids is 2. The molecule has 2 amide bonds. The average Bonchev–Trinajstić information content (AvgIpc) is 2.96. The maximum Gasteiger partial charge on any atom is 0.244 e. The third kappa shape index (κ3) is 3.96. The first-order valence-corrected chi connectivity index (χ1v) is 8.22. The molecule has 1 N–H and O–H groups in total. The highest BCUT2D eigenvalue weighted by Gasteiger charge is 2.35. The summed E-state index contributed by atoms with van der Waals surface area (Å²) in [6, 6.07) is -0.229. The lowest BCUT2D eigenvalue weighted by Crippen LogP contribution is -2.46. The number of likely N-dealkylation sites (N-methyl/N-ethyl adjacent to an activating group) is 1. The minimum atomic E-state index is -0.229. The first-order chi connectivity index (χ1) is 10.0. The zero-order chi connectivity index (χ0) is 15.4. The van der Waals surface area contributed by atoms with Crippen molar-refractivity contribution in [3.63, 3.8) is 0 Å². The zero-order valence-corrected chi connectivity index (χ0v) is 13.6. The normalized spacial score (nSPS) is 24.9. The molecule has 0 aliphatic carbocycles. The Labute approximate surface area is 128 Å². The molecule has 21 heavy (non-hydrogen) atoms. The Kier molecular flexibility index (Phi) is 5.62. The fourth-order valence-electron chi connectivity index (χ4n) is 3.59. The summed E-state index contributed by atoms with van der Waals surface area (Å²) in [5.74, 6) is 1.28. The van der Waals surface area contributed by atoms with Crippen molar-refractivity contribution in [2.45, 2.75) is 45.1 Å². The predicted octanol–water partition coefficient (Wildman–Crippen LogP) is 1.09. The van der Waals surface area contributed by atoms with Crippen molar-refractivity contribution in [3.8, 4) is 0 Å². The van der Waals surface area contributed by atoms with Gasteiger partial charge in [-0.15, -0.1) is 0 Å². The van der Waals surface area contributed by atoms with Crippen LogP contribution in [0.1, 0.15) is 39.0 Å². The molecular weight excluding hydrogens is 266 g/mol. The number of likely N-dealkylation sites (tertiary alicyclic amines) is 1. The van der Waals surface area contributed by atoms with Crippen LogP contribution in [-0.4, -0.2) is 61.4 Å². The minimum Gasteiger partial charge on any atom is -0.347 e. The lowest BCUT2D eigenvalue weighted by Gasteiger charge is -2.31. The number of carbonyl (C=O) groups is 2. The Morgan fingerprint density at radius 3 is 2.52 bits per heavy atom. The predicted molar refractivity (Wildman–Crippen MR) is 82.8 cm³/mol. The quantitative estimate of drug-likeness (QED) is 0.845. The van der Waals surface area contributed by atoms with Gasteiger partial charge in [-0.05, 0) is 50.6 Å². The van der Waals surface area contributed by atoms with Gasteiger partial charge in [0.05, 0.1) is 0 Å². The van der Waals surface area contributed by atoms with Crippen LogP contribution in [0, 0.1) is 11.8 Å². The van der Waals surface area contributed by atoms with Crippen molar-refractivity contribution in [1.82, 2.24) is 15.1 Å². The summed E-state index contributed by atoms with van der Waals surface area (Å²) in [4.78, 5) is 28.2. The largest absolute Gasteiger partial charge is 0.347 e. The maximum atomic E-state index is 12.6. The number of hydrogen-bond acceptors (Lipinski definition) is 3. The van der Waals surface area contributed by atoms with E-state index in [1.165, 1.54) is 0 Å². The van der Waals surface area contributed by atoms with Crippen molar-refractivity contribution in [2.75, 3.05) is 33.7 Å². The Morgan fingerprint density at radius 1 is 1.24 bits per heavy atom. The number of hydrogen-bond donors (Lipinski definition) is 1. The molecule has 0 saturated carbocycles. The first-order valence-electron chi connectivity index (χ1n) is 8.22. The zero-order valence-electron chi connectivity index (χ0n) is 13.6. The SMILES string of the molecule is CC(CC(=O)N1CCCC1C(=O)N(C)C)C1CCNCC1. The summed E-state index contributed by atoms with van der Waals surface area (Å²) in [6.07, 6.45) is 4.66. The second kappa shape index (κ2) is 7.25. The van der Waals surface area contributed by atoms with Gasteiger partial charge < -0.3 is 15.1 Å². The molecule has 2 unspecified atom stereocenters. The van der Waals surface area contributed by atoms with Gasteiger partial charge in [0.25, 0.3) is 0 Å². The van der Waals surface area contributed by atoms with E-state index in [4.69, 9.17) is 0 Å². The molecule has 2 heterocycles. The maximum absolute atomic E-state index is 12.6. The van der Waals surface area contributed by atoms with Gasteiger partial charge in [-0.2, -0.15) is 0 Å². The van der Waals surface area contributed by atoms with E-state index in [0.717, 1.165) is 45.3 Å². The monoisotopic (exact) mass is 295 g/mol. The molecule has 2 atom stereocenters. The summed E-state index contributed by atoms with van der Waals surface area (Å²) >= 11 is 0. The van der Waals surface area contributed by atoms with E-state index in [2.05, 4.69) is 12.2 Å². The summed E-state index contributed by atoms with van der Waals surface area (Å²) in [5.41, 5.74) is 0. The van der Waals surface area contributed by atoms with Crippen LogP contribution in [0.4, 0.5) is 0 Å². The summed E-state index contributed by atoms with van der Waals surface area (Å²) in [7, 11) is 3.53. The lowest BCUT2D eigenvalue weighted by molar-refractivity contribution is -0.143. The van der Waals surface area contributed by atoms with Crippen molar-refractivity contribution in [3.05, 3.63) is 0 Å². The highest BCUT2D eigenvalue weighted by molar-refractivity contribution is 5.88. The van der Waals surface area contributed by atoms with Crippen molar-refractivity contribution in [1.29, 1.82) is 0 Å². The van der Waals surface area contributed by atoms with Gasteiger partial charge in [0, 0.05) is 27.1 Å². The highest BCUT2D eigenvalue weighted by Crippen LogP contribution is 2.27. The molecule has 0 aromatic heterocycles. The molecule has 0 aromatic rings. The van der Waals surface area contributed by atoms with Crippen LogP contribution < -0.4 is 5.32 Å². The van der Waals surface area contributed by atoms with E-state index in [1.807, 2.05) is 4.90 Å². The molecule has 2 fully saturated rings. The van der Waals surface area contributed by atoms with E-state index < -0.39 is 0 Å². The van der Waals surface area contributed by atoms with Gasteiger partial charge in [-0.1, -0.05) is 6.92 Å². The fraction of sp³-hybridized carbons (Fsp3) is 0.875. The molecular formula is C16H29N3O2. The van der Waals surface area contributed by atoms with Crippen molar-refractivity contribution in [2.24, 2.45) is 11.8 Å². The molecule has 2 rings (SSSR count). The van der Waals surface area contributed by atoms with Gasteiger partial charge in [-0.3, -0.25) is 9.59 Å². The number of nitrogens with zero attached hydrogens (tertiary/aromatic N) is 2.